The molecule has 2 rings (SSSR count). The number of aromatic amines is 1. The van der Waals surface area contributed by atoms with Crippen molar-refractivity contribution in [3.8, 4) is 0 Å². The van der Waals surface area contributed by atoms with E-state index in [1.165, 1.54) is 10.8 Å². The predicted molar refractivity (Wildman–Crippen MR) is 60.7 cm³/mol. The number of nitrogens with zero attached hydrogens (tertiary/aromatic N) is 1. The number of hydrogen-bond donors (Lipinski definition) is 3. The second-order valence-electron chi connectivity index (χ2n) is 4.20. The topological polar surface area (TPSA) is 120 Å². The molecule has 1 aromatic heterocycles. The van der Waals surface area contributed by atoms with Crippen LogP contribution in [0.25, 0.3) is 0 Å². The molecule has 1 saturated heterocycles. The van der Waals surface area contributed by atoms with E-state index >= 15 is 0 Å². The van der Waals surface area contributed by atoms with Crippen LogP contribution in [0.2, 0.25) is 0 Å². The van der Waals surface area contributed by atoms with Gasteiger partial charge in [0, 0.05) is 18.2 Å². The van der Waals surface area contributed by atoms with Crippen LogP contribution in [0.1, 0.15) is 18.2 Å². The smallest absolute Gasteiger partial charge is 0.330 e. The minimum atomic E-state index is -0.612. The Bertz CT molecular complexity index is 525. The fraction of sp³-hybridized carbons (Fsp3) is 0.600. The summed E-state index contributed by atoms with van der Waals surface area (Å²) in [6.07, 6.45) is 0.0590. The highest BCUT2D eigenvalue weighted by Crippen LogP contribution is 2.28. The van der Waals surface area contributed by atoms with Gasteiger partial charge < -0.3 is 9.84 Å². The van der Waals surface area contributed by atoms with E-state index in [1.54, 1.807) is 6.92 Å². The SMILES string of the molecule is Cc1cn([C@H]2CC(ON)[C@@H](CO)O2)c(=O)[nH]c1=O. The second kappa shape index (κ2) is 5.02. The van der Waals surface area contributed by atoms with Gasteiger partial charge in [0.05, 0.1) is 6.61 Å². The van der Waals surface area contributed by atoms with Crippen LogP contribution < -0.4 is 17.1 Å². The number of aliphatic hydroxyl groups excluding tert-OH is 1. The van der Waals surface area contributed by atoms with Crippen molar-refractivity contribution in [2.75, 3.05) is 6.61 Å². The lowest BCUT2D eigenvalue weighted by molar-refractivity contribution is -0.0630. The number of ether oxygens (including phenoxy) is 1. The lowest BCUT2D eigenvalue weighted by Crippen LogP contribution is -2.33. The van der Waals surface area contributed by atoms with Gasteiger partial charge >= 0.3 is 5.69 Å². The average Bonchev–Trinajstić information content (AvgIpc) is 2.76. The molecule has 1 fully saturated rings. The van der Waals surface area contributed by atoms with E-state index < -0.39 is 29.7 Å². The second-order valence-corrected chi connectivity index (χ2v) is 4.20. The maximum Gasteiger partial charge on any atom is 0.330 e. The van der Waals surface area contributed by atoms with Crippen LogP contribution in [0.4, 0.5) is 0 Å². The normalized spacial score (nSPS) is 27.6. The third-order valence-corrected chi connectivity index (χ3v) is 2.99. The van der Waals surface area contributed by atoms with Gasteiger partial charge in [-0.1, -0.05) is 0 Å². The van der Waals surface area contributed by atoms with Crippen LogP contribution in [-0.4, -0.2) is 33.5 Å². The minimum absolute atomic E-state index is 0.255. The van der Waals surface area contributed by atoms with E-state index in [0.29, 0.717) is 12.0 Å². The highest BCUT2D eigenvalue weighted by atomic mass is 16.7. The first-order chi connectivity index (χ1) is 8.56. The molecule has 3 atom stereocenters. The number of aryl methyl sites for hydroxylation is 1. The standard InChI is InChI=1S/C10H15N3O5/c1-5-3-13(10(16)12-9(5)15)8-2-6(18-11)7(4-14)17-8/h3,6-8,14H,2,4,11H2,1H3,(H,12,15,16)/t6?,7-,8-/m1/s1. The number of rotatable bonds is 3. The lowest BCUT2D eigenvalue weighted by Gasteiger charge is -2.14. The summed E-state index contributed by atoms with van der Waals surface area (Å²) in [6.45, 7) is 1.33. The molecule has 1 aromatic rings. The summed E-state index contributed by atoms with van der Waals surface area (Å²) >= 11 is 0. The predicted octanol–water partition coefficient (Wildman–Crippen LogP) is -1.62. The van der Waals surface area contributed by atoms with Crippen LogP contribution in [0.5, 0.6) is 0 Å². The van der Waals surface area contributed by atoms with Gasteiger partial charge in [-0.3, -0.25) is 19.2 Å². The summed E-state index contributed by atoms with van der Waals surface area (Å²) in [6, 6.07) is 0. The van der Waals surface area contributed by atoms with Gasteiger partial charge in [-0.25, -0.2) is 10.7 Å². The average molecular weight is 257 g/mol. The molecule has 100 valence electrons. The summed E-state index contributed by atoms with van der Waals surface area (Å²) < 4.78 is 6.72. The van der Waals surface area contributed by atoms with Crippen molar-refractivity contribution in [1.29, 1.82) is 0 Å². The number of nitrogens with one attached hydrogen (secondary N) is 1. The van der Waals surface area contributed by atoms with E-state index in [2.05, 4.69) is 9.82 Å². The molecule has 1 aliphatic rings. The maximum atomic E-state index is 11.7. The quantitative estimate of drug-likeness (QED) is 0.560. The first kappa shape index (κ1) is 13.0. The van der Waals surface area contributed by atoms with E-state index in [0.717, 1.165) is 0 Å². The van der Waals surface area contributed by atoms with Gasteiger partial charge in [-0.05, 0) is 6.92 Å². The van der Waals surface area contributed by atoms with E-state index in [1.807, 2.05) is 0 Å². The summed E-state index contributed by atoms with van der Waals surface area (Å²) in [4.78, 5) is 29.8. The fourth-order valence-electron chi connectivity index (χ4n) is 1.98. The van der Waals surface area contributed by atoms with Crippen LogP contribution in [-0.2, 0) is 9.57 Å². The van der Waals surface area contributed by atoms with Crippen molar-refractivity contribution >= 4 is 0 Å². The molecule has 0 bridgehead atoms. The highest BCUT2D eigenvalue weighted by Gasteiger charge is 2.37. The van der Waals surface area contributed by atoms with Crippen LogP contribution in [0.3, 0.4) is 0 Å². The molecule has 0 radical (unpaired) electrons. The fourth-order valence-corrected chi connectivity index (χ4v) is 1.98. The summed E-state index contributed by atoms with van der Waals surface area (Å²) in [5.41, 5.74) is -0.597. The van der Waals surface area contributed by atoms with Gasteiger partial charge in [0.25, 0.3) is 5.56 Å². The van der Waals surface area contributed by atoms with Gasteiger partial charge in [0.2, 0.25) is 0 Å². The maximum absolute atomic E-state index is 11.7. The zero-order chi connectivity index (χ0) is 13.3. The van der Waals surface area contributed by atoms with Crippen LogP contribution >= 0.6 is 0 Å². The zero-order valence-electron chi connectivity index (χ0n) is 9.83. The molecule has 1 aliphatic heterocycles. The Morgan fingerprint density at radius 2 is 2.39 bits per heavy atom. The van der Waals surface area contributed by atoms with Crippen molar-refractivity contribution in [2.45, 2.75) is 31.8 Å². The number of nitrogens with two attached hydrogens (primary N) is 1. The third-order valence-electron chi connectivity index (χ3n) is 2.99. The molecule has 8 heteroatoms. The summed E-state index contributed by atoms with van der Waals surface area (Å²) in [5, 5.41) is 9.09. The van der Waals surface area contributed by atoms with E-state index in [4.69, 9.17) is 15.7 Å². The molecular formula is C10H15N3O5. The number of aromatic nitrogens is 2. The summed E-state index contributed by atoms with van der Waals surface area (Å²) in [7, 11) is 0. The Labute approximate surface area is 102 Å². The van der Waals surface area contributed by atoms with Crippen LogP contribution in [0, 0.1) is 6.92 Å². The number of aliphatic hydroxyl groups is 1. The molecule has 0 aromatic carbocycles. The van der Waals surface area contributed by atoms with Crippen molar-refractivity contribution < 1.29 is 14.7 Å². The molecular weight excluding hydrogens is 242 g/mol. The number of hydrogen-bond acceptors (Lipinski definition) is 6. The Hall–Kier alpha value is -1.48. The minimum Gasteiger partial charge on any atom is -0.394 e. The summed E-state index contributed by atoms with van der Waals surface area (Å²) in [5.74, 6) is 5.10. The van der Waals surface area contributed by atoms with Gasteiger partial charge in [-0.2, -0.15) is 0 Å². The van der Waals surface area contributed by atoms with Crippen molar-refractivity contribution in [2.24, 2.45) is 5.90 Å². The molecule has 0 aliphatic carbocycles. The molecule has 1 unspecified atom stereocenters. The Morgan fingerprint density at radius 1 is 1.67 bits per heavy atom. The first-order valence-electron chi connectivity index (χ1n) is 5.50. The molecule has 0 saturated carbocycles. The Balaban J connectivity index is 2.31. The largest absolute Gasteiger partial charge is 0.394 e. The number of H-pyrrole nitrogens is 1. The molecule has 0 amide bonds. The highest BCUT2D eigenvalue weighted by molar-refractivity contribution is 5.02. The Kier molecular flexibility index (Phi) is 3.62. The first-order valence-corrected chi connectivity index (χ1v) is 5.50. The molecule has 8 nitrogen and oxygen atoms in total. The molecule has 2 heterocycles. The van der Waals surface area contributed by atoms with Gasteiger partial charge in [0.1, 0.15) is 18.4 Å². The third kappa shape index (κ3) is 2.23. The monoisotopic (exact) mass is 257 g/mol. The molecule has 4 N–H and O–H groups in total. The van der Waals surface area contributed by atoms with E-state index in [9.17, 15) is 9.59 Å². The van der Waals surface area contributed by atoms with Crippen molar-refractivity contribution in [3.63, 3.8) is 0 Å². The van der Waals surface area contributed by atoms with Gasteiger partial charge in [0.15, 0.2) is 0 Å². The Morgan fingerprint density at radius 3 is 2.94 bits per heavy atom. The lowest BCUT2D eigenvalue weighted by atomic mass is 10.2. The van der Waals surface area contributed by atoms with Crippen molar-refractivity contribution in [1.82, 2.24) is 9.55 Å². The molecule has 18 heavy (non-hydrogen) atoms. The zero-order valence-corrected chi connectivity index (χ0v) is 9.83. The van der Waals surface area contributed by atoms with Gasteiger partial charge in [-0.15, -0.1) is 0 Å². The van der Waals surface area contributed by atoms with Crippen molar-refractivity contribution in [3.05, 3.63) is 32.6 Å². The van der Waals surface area contributed by atoms with E-state index in [-0.39, 0.29) is 6.61 Å². The molecule has 0 spiro atoms. The van der Waals surface area contributed by atoms with Crippen LogP contribution in [0.15, 0.2) is 15.8 Å².